The molecule has 17 heavy (non-hydrogen) atoms. The summed E-state index contributed by atoms with van der Waals surface area (Å²) in [5.41, 5.74) is 0. The number of carbonyl (C=O) groups excluding carboxylic acids is 1. The third-order valence-corrected chi connectivity index (χ3v) is 3.37. The Labute approximate surface area is 99.8 Å². The van der Waals surface area contributed by atoms with Crippen molar-refractivity contribution in [1.82, 2.24) is 25.4 Å². The lowest BCUT2D eigenvalue weighted by atomic mass is 10.1. The summed E-state index contributed by atoms with van der Waals surface area (Å²) in [4.78, 5) is 11.7. The molecule has 2 aliphatic rings. The van der Waals surface area contributed by atoms with E-state index in [1.54, 1.807) is 0 Å². The lowest BCUT2D eigenvalue weighted by Gasteiger charge is -2.23. The molecule has 0 radical (unpaired) electrons. The van der Waals surface area contributed by atoms with Crippen LogP contribution in [0.5, 0.6) is 0 Å². The van der Waals surface area contributed by atoms with Crippen molar-refractivity contribution in [1.29, 1.82) is 0 Å². The summed E-state index contributed by atoms with van der Waals surface area (Å²) < 4.78 is 2.18. The van der Waals surface area contributed by atoms with Crippen molar-refractivity contribution in [2.75, 3.05) is 13.1 Å². The summed E-state index contributed by atoms with van der Waals surface area (Å²) in [5.74, 6) is 1.96. The first-order valence-corrected chi connectivity index (χ1v) is 6.17. The summed E-state index contributed by atoms with van der Waals surface area (Å²) in [6.07, 6.45) is 3.04. The smallest absolute Gasteiger partial charge is 0.237 e. The fourth-order valence-electron chi connectivity index (χ4n) is 2.36. The van der Waals surface area contributed by atoms with Crippen LogP contribution in [0.4, 0.5) is 0 Å². The van der Waals surface area contributed by atoms with Gasteiger partial charge in [-0.25, -0.2) is 0 Å². The number of aromatic nitrogens is 3. The Balaban J connectivity index is 1.77. The predicted molar refractivity (Wildman–Crippen MR) is 61.5 cm³/mol. The molecule has 1 aromatic heterocycles. The van der Waals surface area contributed by atoms with Crippen LogP contribution < -0.4 is 10.6 Å². The van der Waals surface area contributed by atoms with Crippen LogP contribution in [0.15, 0.2) is 0 Å². The maximum atomic E-state index is 11.7. The van der Waals surface area contributed by atoms with Gasteiger partial charge in [0.1, 0.15) is 11.6 Å². The lowest BCUT2D eigenvalue weighted by molar-refractivity contribution is -0.124. The van der Waals surface area contributed by atoms with Gasteiger partial charge in [0.2, 0.25) is 5.91 Å². The van der Waals surface area contributed by atoms with E-state index in [4.69, 9.17) is 0 Å². The van der Waals surface area contributed by atoms with E-state index in [0.29, 0.717) is 19.0 Å². The summed E-state index contributed by atoms with van der Waals surface area (Å²) in [7, 11) is 0. The number of piperazine rings is 1. The van der Waals surface area contributed by atoms with E-state index in [2.05, 4.69) is 25.4 Å². The molecule has 1 aliphatic carbocycles. The molecule has 2 N–H and O–H groups in total. The second-order valence-corrected chi connectivity index (χ2v) is 4.77. The molecule has 1 saturated heterocycles. The highest BCUT2D eigenvalue weighted by molar-refractivity contribution is 5.82. The van der Waals surface area contributed by atoms with Gasteiger partial charge in [0.15, 0.2) is 0 Å². The van der Waals surface area contributed by atoms with Crippen molar-refractivity contribution in [2.24, 2.45) is 0 Å². The molecular weight excluding hydrogens is 218 g/mol. The van der Waals surface area contributed by atoms with Crippen LogP contribution >= 0.6 is 0 Å². The zero-order valence-electron chi connectivity index (χ0n) is 9.94. The van der Waals surface area contributed by atoms with Gasteiger partial charge in [0.25, 0.3) is 0 Å². The van der Waals surface area contributed by atoms with Crippen LogP contribution in [-0.4, -0.2) is 39.8 Å². The molecular formula is C11H17N5O. The normalized spacial score (nSPS) is 24.8. The first-order valence-electron chi connectivity index (χ1n) is 6.17. The number of rotatable bonds is 3. The second kappa shape index (κ2) is 4.10. The molecule has 1 amide bonds. The Morgan fingerprint density at radius 3 is 2.88 bits per heavy atom. The molecule has 1 atom stereocenters. The molecule has 6 nitrogen and oxygen atoms in total. The largest absolute Gasteiger partial charge is 0.353 e. The molecule has 2 heterocycles. The summed E-state index contributed by atoms with van der Waals surface area (Å²) in [6, 6.07) is 0.400. The maximum absolute atomic E-state index is 11.7. The number of aryl methyl sites for hydroxylation is 1. The van der Waals surface area contributed by atoms with Gasteiger partial charge in [-0.1, -0.05) is 0 Å². The van der Waals surface area contributed by atoms with Crippen LogP contribution in [0.3, 0.4) is 0 Å². The fraction of sp³-hybridized carbons (Fsp3) is 0.727. The minimum Gasteiger partial charge on any atom is -0.353 e. The molecule has 92 valence electrons. The van der Waals surface area contributed by atoms with Gasteiger partial charge in [-0.3, -0.25) is 4.79 Å². The summed E-state index contributed by atoms with van der Waals surface area (Å²) >= 11 is 0. The zero-order chi connectivity index (χ0) is 11.8. The SMILES string of the molecule is Cc1nnc(CC2NCCNC2=O)n1C1CC1. The number of amides is 1. The minimum atomic E-state index is -0.162. The Kier molecular flexibility index (Phi) is 2.58. The highest BCUT2D eigenvalue weighted by atomic mass is 16.2. The Morgan fingerprint density at radius 2 is 2.18 bits per heavy atom. The highest BCUT2D eigenvalue weighted by Crippen LogP contribution is 2.36. The minimum absolute atomic E-state index is 0.0687. The number of hydrogen-bond acceptors (Lipinski definition) is 4. The third kappa shape index (κ3) is 2.04. The monoisotopic (exact) mass is 235 g/mol. The molecule has 2 fully saturated rings. The standard InChI is InChI=1S/C11H17N5O/c1-7-14-15-10(16(7)8-2-3-8)6-9-11(17)13-5-4-12-9/h8-9,12H,2-6H2,1H3,(H,13,17). The molecule has 0 aromatic carbocycles. The molecule has 1 aromatic rings. The summed E-state index contributed by atoms with van der Waals surface area (Å²) in [5, 5.41) is 14.4. The molecule has 6 heteroatoms. The Morgan fingerprint density at radius 1 is 1.35 bits per heavy atom. The van der Waals surface area contributed by atoms with Crippen molar-refractivity contribution in [3.05, 3.63) is 11.6 Å². The van der Waals surface area contributed by atoms with E-state index >= 15 is 0 Å². The molecule has 1 unspecified atom stereocenters. The van der Waals surface area contributed by atoms with Crippen molar-refractivity contribution in [2.45, 2.75) is 38.3 Å². The van der Waals surface area contributed by atoms with Crippen LogP contribution in [0.25, 0.3) is 0 Å². The van der Waals surface area contributed by atoms with E-state index < -0.39 is 0 Å². The average Bonchev–Trinajstić information content (AvgIpc) is 3.08. The van der Waals surface area contributed by atoms with E-state index in [-0.39, 0.29) is 11.9 Å². The van der Waals surface area contributed by atoms with Crippen LogP contribution in [-0.2, 0) is 11.2 Å². The van der Waals surface area contributed by atoms with Crippen molar-refractivity contribution in [3.63, 3.8) is 0 Å². The molecule has 3 rings (SSSR count). The molecule has 0 spiro atoms. The van der Waals surface area contributed by atoms with Gasteiger partial charge < -0.3 is 15.2 Å². The number of hydrogen-bond donors (Lipinski definition) is 2. The quantitative estimate of drug-likeness (QED) is 0.744. The zero-order valence-corrected chi connectivity index (χ0v) is 9.94. The van der Waals surface area contributed by atoms with E-state index in [1.807, 2.05) is 6.92 Å². The van der Waals surface area contributed by atoms with Gasteiger partial charge >= 0.3 is 0 Å². The average molecular weight is 235 g/mol. The number of nitrogens with one attached hydrogen (secondary N) is 2. The van der Waals surface area contributed by atoms with E-state index in [9.17, 15) is 4.79 Å². The van der Waals surface area contributed by atoms with Gasteiger partial charge in [0.05, 0.1) is 6.04 Å². The topological polar surface area (TPSA) is 71.8 Å². The van der Waals surface area contributed by atoms with Gasteiger partial charge in [-0.15, -0.1) is 10.2 Å². The predicted octanol–water partition coefficient (Wildman–Crippen LogP) is -0.448. The van der Waals surface area contributed by atoms with Crippen molar-refractivity contribution in [3.8, 4) is 0 Å². The first-order chi connectivity index (χ1) is 8.25. The lowest BCUT2D eigenvalue weighted by Crippen LogP contribution is -2.54. The Hall–Kier alpha value is -1.43. The summed E-state index contributed by atoms with van der Waals surface area (Å²) in [6.45, 7) is 3.51. The fourth-order valence-corrected chi connectivity index (χ4v) is 2.36. The van der Waals surface area contributed by atoms with Gasteiger partial charge in [-0.2, -0.15) is 0 Å². The molecule has 0 bridgehead atoms. The van der Waals surface area contributed by atoms with E-state index in [0.717, 1.165) is 18.2 Å². The number of nitrogens with zero attached hydrogens (tertiary/aromatic N) is 3. The first kappa shape index (κ1) is 10.7. The highest BCUT2D eigenvalue weighted by Gasteiger charge is 2.30. The maximum Gasteiger partial charge on any atom is 0.237 e. The number of carbonyl (C=O) groups is 1. The van der Waals surface area contributed by atoms with E-state index in [1.165, 1.54) is 12.8 Å². The van der Waals surface area contributed by atoms with Crippen LogP contribution in [0.2, 0.25) is 0 Å². The second-order valence-electron chi connectivity index (χ2n) is 4.77. The Bertz CT molecular complexity index is 437. The third-order valence-electron chi connectivity index (χ3n) is 3.37. The van der Waals surface area contributed by atoms with Crippen molar-refractivity contribution >= 4 is 5.91 Å². The van der Waals surface area contributed by atoms with Crippen LogP contribution in [0, 0.1) is 6.92 Å². The van der Waals surface area contributed by atoms with Gasteiger partial charge in [0, 0.05) is 25.6 Å². The molecule has 1 aliphatic heterocycles. The van der Waals surface area contributed by atoms with Crippen molar-refractivity contribution < 1.29 is 4.79 Å². The molecule has 1 saturated carbocycles. The van der Waals surface area contributed by atoms with Crippen LogP contribution in [0.1, 0.15) is 30.5 Å². The van der Waals surface area contributed by atoms with Gasteiger partial charge in [-0.05, 0) is 19.8 Å².